The van der Waals surface area contributed by atoms with Crippen LogP contribution in [0, 0.1) is 0 Å². The SMILES string of the molecule is [CH3][Sn]([CH3])([CH3])[c]1cn(S(=O)(=O)c2ccccc2)c2ccncc12. The zero-order chi connectivity index (χ0) is 16.0. The number of fused-ring (bicyclic) bond motifs is 1. The Bertz CT molecular complexity index is 926. The maximum absolute atomic E-state index is 13.0. The third kappa shape index (κ3) is 2.56. The second-order valence-corrected chi connectivity index (χ2v) is 22.5. The van der Waals surface area contributed by atoms with E-state index in [4.69, 9.17) is 0 Å². The van der Waals surface area contributed by atoms with Gasteiger partial charge in [0.25, 0.3) is 0 Å². The molecule has 6 heteroatoms. The molecule has 0 aliphatic rings. The van der Waals surface area contributed by atoms with Gasteiger partial charge in [0.2, 0.25) is 0 Å². The van der Waals surface area contributed by atoms with E-state index in [2.05, 4.69) is 19.8 Å². The van der Waals surface area contributed by atoms with E-state index in [-0.39, 0.29) is 0 Å². The summed E-state index contributed by atoms with van der Waals surface area (Å²) in [5, 5.41) is 0.963. The Morgan fingerprint density at radius 3 is 2.36 bits per heavy atom. The Balaban J connectivity index is 2.33. The molecule has 0 saturated heterocycles. The minimum atomic E-state index is -3.58. The zero-order valence-electron chi connectivity index (χ0n) is 12.8. The quantitative estimate of drug-likeness (QED) is 0.612. The van der Waals surface area contributed by atoms with Crippen molar-refractivity contribution in [2.24, 2.45) is 0 Å². The Morgan fingerprint density at radius 2 is 1.73 bits per heavy atom. The van der Waals surface area contributed by atoms with Crippen LogP contribution >= 0.6 is 0 Å². The van der Waals surface area contributed by atoms with Crippen molar-refractivity contribution in [1.29, 1.82) is 0 Å². The summed E-state index contributed by atoms with van der Waals surface area (Å²) in [6.07, 6.45) is 5.23. The van der Waals surface area contributed by atoms with Crippen molar-refractivity contribution in [2.45, 2.75) is 19.7 Å². The molecular weight excluding hydrogens is 403 g/mol. The van der Waals surface area contributed by atoms with Crippen LogP contribution in [0.5, 0.6) is 0 Å². The molecule has 0 radical (unpaired) electrons. The number of hydrogen-bond donors (Lipinski definition) is 0. The van der Waals surface area contributed by atoms with Gasteiger partial charge in [-0.2, -0.15) is 0 Å². The van der Waals surface area contributed by atoms with E-state index < -0.39 is 28.4 Å². The molecule has 2 aromatic heterocycles. The first-order valence-electron chi connectivity index (χ1n) is 7.08. The number of hydrogen-bond acceptors (Lipinski definition) is 3. The molecule has 0 aliphatic carbocycles. The number of benzene rings is 1. The average molecular weight is 421 g/mol. The van der Waals surface area contributed by atoms with Crippen LogP contribution in [0.15, 0.2) is 59.9 Å². The van der Waals surface area contributed by atoms with Crippen molar-refractivity contribution in [3.8, 4) is 0 Å². The van der Waals surface area contributed by atoms with Gasteiger partial charge in [-0.05, 0) is 0 Å². The maximum atomic E-state index is 13.0. The summed E-state index contributed by atoms with van der Waals surface area (Å²) in [4.78, 5) is 11.3. The van der Waals surface area contributed by atoms with Gasteiger partial charge in [-0.25, -0.2) is 0 Å². The summed E-state index contributed by atoms with van der Waals surface area (Å²) in [5.41, 5.74) is 0.709. The molecule has 0 amide bonds. The molecule has 3 rings (SSSR count). The van der Waals surface area contributed by atoms with Crippen molar-refractivity contribution < 1.29 is 8.42 Å². The molecule has 0 fully saturated rings. The van der Waals surface area contributed by atoms with Crippen LogP contribution in [0.2, 0.25) is 14.8 Å². The Hall–Kier alpha value is -1.34. The van der Waals surface area contributed by atoms with Crippen LogP contribution in [0.25, 0.3) is 10.9 Å². The molecular formula is C16H18N2O2SSn. The first kappa shape index (κ1) is 15.6. The Kier molecular flexibility index (Phi) is 3.80. The van der Waals surface area contributed by atoms with Crippen LogP contribution in [-0.4, -0.2) is 35.8 Å². The molecule has 0 atom stereocenters. The van der Waals surface area contributed by atoms with Gasteiger partial charge in [0, 0.05) is 0 Å². The van der Waals surface area contributed by atoms with Crippen molar-refractivity contribution in [2.75, 3.05) is 0 Å². The molecule has 22 heavy (non-hydrogen) atoms. The third-order valence-electron chi connectivity index (χ3n) is 3.68. The van der Waals surface area contributed by atoms with Gasteiger partial charge >= 0.3 is 135 Å². The minimum absolute atomic E-state index is 0.305. The molecule has 2 heterocycles. The first-order chi connectivity index (χ1) is 10.3. The van der Waals surface area contributed by atoms with Crippen molar-refractivity contribution >= 4 is 42.9 Å². The van der Waals surface area contributed by atoms with Gasteiger partial charge in [0.05, 0.1) is 0 Å². The van der Waals surface area contributed by atoms with Crippen molar-refractivity contribution in [3.05, 3.63) is 55.0 Å². The summed E-state index contributed by atoms with van der Waals surface area (Å²) < 4.78 is 28.5. The molecule has 0 spiro atoms. The van der Waals surface area contributed by atoms with E-state index in [0.717, 1.165) is 5.39 Å². The molecule has 114 valence electrons. The van der Waals surface area contributed by atoms with E-state index in [0.29, 0.717) is 10.4 Å². The number of pyridine rings is 1. The second kappa shape index (κ2) is 5.38. The van der Waals surface area contributed by atoms with E-state index >= 15 is 0 Å². The molecule has 3 aromatic rings. The van der Waals surface area contributed by atoms with E-state index in [1.165, 1.54) is 7.55 Å². The van der Waals surface area contributed by atoms with E-state index in [1.54, 1.807) is 42.7 Å². The molecule has 0 unspecified atom stereocenters. The fourth-order valence-electron chi connectivity index (χ4n) is 2.55. The molecule has 0 N–H and O–H groups in total. The standard InChI is InChI=1S/C13H9N2O2S.3CH3.Sn/c16-18(17,12-4-2-1-3-5-12)15-9-7-11-10-14-8-6-13(11)15;;;;/h1-6,8-10H;3*1H3;. The summed E-state index contributed by atoms with van der Waals surface area (Å²) in [7, 11) is -3.58. The van der Waals surface area contributed by atoms with Crippen LogP contribution in [-0.2, 0) is 10.0 Å². The molecule has 1 aromatic carbocycles. The molecule has 0 bridgehead atoms. The monoisotopic (exact) mass is 422 g/mol. The topological polar surface area (TPSA) is 52.0 Å². The van der Waals surface area contributed by atoms with Gasteiger partial charge in [-0.15, -0.1) is 0 Å². The van der Waals surface area contributed by atoms with Gasteiger partial charge < -0.3 is 0 Å². The number of aromatic nitrogens is 2. The van der Waals surface area contributed by atoms with E-state index in [9.17, 15) is 8.42 Å². The average Bonchev–Trinajstić information content (AvgIpc) is 2.88. The third-order valence-corrected chi connectivity index (χ3v) is 11.1. The summed E-state index contributed by atoms with van der Waals surface area (Å²) in [6, 6.07) is 10.3. The zero-order valence-corrected chi connectivity index (χ0v) is 16.5. The van der Waals surface area contributed by atoms with Crippen molar-refractivity contribution in [3.63, 3.8) is 0 Å². The fourth-order valence-corrected chi connectivity index (χ4v) is 8.53. The van der Waals surface area contributed by atoms with Crippen LogP contribution in [0.1, 0.15) is 0 Å². The normalized spacial score (nSPS) is 12.7. The van der Waals surface area contributed by atoms with Crippen LogP contribution < -0.4 is 3.58 Å². The predicted molar refractivity (Wildman–Crippen MR) is 91.7 cm³/mol. The predicted octanol–water partition coefficient (Wildman–Crippen LogP) is 2.82. The summed E-state index contributed by atoms with van der Waals surface area (Å²) >= 11 is -2.46. The molecule has 4 nitrogen and oxygen atoms in total. The van der Waals surface area contributed by atoms with Gasteiger partial charge in [-0.3, -0.25) is 0 Å². The molecule has 0 saturated carbocycles. The van der Waals surface area contributed by atoms with Crippen LogP contribution in [0.4, 0.5) is 0 Å². The van der Waals surface area contributed by atoms with E-state index in [1.807, 2.05) is 12.3 Å². The van der Waals surface area contributed by atoms with Gasteiger partial charge in [0.1, 0.15) is 0 Å². The van der Waals surface area contributed by atoms with Crippen LogP contribution in [0.3, 0.4) is 0 Å². The summed E-state index contributed by atoms with van der Waals surface area (Å²) in [5.74, 6) is 0. The first-order valence-corrected chi connectivity index (χ1v) is 18.5. The Labute approximate surface area is 134 Å². The molecule has 0 aliphatic heterocycles. The second-order valence-electron chi connectivity index (χ2n) is 6.30. The number of nitrogens with zero attached hydrogens (tertiary/aromatic N) is 2. The van der Waals surface area contributed by atoms with Crippen molar-refractivity contribution in [1.82, 2.24) is 8.96 Å². The van der Waals surface area contributed by atoms with Gasteiger partial charge in [0.15, 0.2) is 0 Å². The fraction of sp³-hybridized carbons (Fsp3) is 0.188. The Morgan fingerprint density at radius 1 is 1.05 bits per heavy atom. The summed E-state index contributed by atoms with van der Waals surface area (Å²) in [6.45, 7) is 0. The van der Waals surface area contributed by atoms with Gasteiger partial charge in [-0.1, -0.05) is 0 Å². The number of rotatable bonds is 3.